The zero-order valence-corrected chi connectivity index (χ0v) is 8.55. The Balaban J connectivity index is 0.000000671. The number of halogens is 1. The first-order valence-corrected chi connectivity index (χ1v) is 4.26. The molecule has 0 spiro atoms. The van der Waals surface area contributed by atoms with Crippen LogP contribution in [0.25, 0.3) is 0 Å². The van der Waals surface area contributed by atoms with Crippen LogP contribution in [0.15, 0.2) is 6.07 Å². The number of nitrogens with one attached hydrogen (secondary N) is 1. The maximum absolute atomic E-state index is 8.42. The first kappa shape index (κ1) is 11.7. The number of aromatic nitrogens is 2. The van der Waals surface area contributed by atoms with Gasteiger partial charge in [-0.05, 0) is 0 Å². The van der Waals surface area contributed by atoms with Gasteiger partial charge in [-0.2, -0.15) is 5.26 Å². The quantitative estimate of drug-likeness (QED) is 0.702. The van der Waals surface area contributed by atoms with Gasteiger partial charge < -0.3 is 5.32 Å². The average Bonchev–Trinajstić information content (AvgIpc) is 2.20. The van der Waals surface area contributed by atoms with Crippen LogP contribution in [-0.2, 0) is 0 Å². The minimum atomic E-state index is 0.0712. The highest BCUT2D eigenvalue weighted by molar-refractivity contribution is 6.29. The summed E-state index contributed by atoms with van der Waals surface area (Å²) in [6.07, 6.45) is 0. The van der Waals surface area contributed by atoms with Gasteiger partial charge in [0.25, 0.3) is 0 Å². The molecule has 0 aliphatic carbocycles. The highest BCUT2D eigenvalue weighted by atomic mass is 35.5. The highest BCUT2D eigenvalue weighted by Gasteiger charge is 1.99. The second kappa shape index (κ2) is 6.21. The largest absolute Gasteiger partial charge is 0.373 e. The zero-order valence-electron chi connectivity index (χ0n) is 7.80. The van der Waals surface area contributed by atoms with Gasteiger partial charge in [0.1, 0.15) is 17.0 Å². The van der Waals surface area contributed by atoms with Crippen LogP contribution in [-0.4, -0.2) is 17.0 Å². The maximum Gasteiger partial charge on any atom is 0.235 e. The van der Waals surface area contributed by atoms with Crippen LogP contribution in [0.5, 0.6) is 0 Å². The summed E-state index contributed by atoms with van der Waals surface area (Å²) in [5, 5.41) is 11.4. The van der Waals surface area contributed by atoms with E-state index in [2.05, 4.69) is 15.3 Å². The summed E-state index contributed by atoms with van der Waals surface area (Å²) >= 11 is 5.57. The Morgan fingerprint density at radius 1 is 1.46 bits per heavy atom. The Morgan fingerprint density at radius 2 is 2.08 bits per heavy atom. The molecular weight excluding hydrogens is 188 g/mol. The summed E-state index contributed by atoms with van der Waals surface area (Å²) in [7, 11) is 1.69. The average molecular weight is 199 g/mol. The van der Waals surface area contributed by atoms with E-state index in [1.807, 2.05) is 13.8 Å². The Labute approximate surface area is 82.6 Å². The van der Waals surface area contributed by atoms with Gasteiger partial charge in [0.15, 0.2) is 0 Å². The lowest BCUT2D eigenvalue weighted by atomic mass is 10.5. The summed E-state index contributed by atoms with van der Waals surface area (Å²) in [6, 6.07) is 3.34. The zero-order chi connectivity index (χ0) is 10.3. The lowest BCUT2D eigenvalue weighted by Crippen LogP contribution is -1.96. The van der Waals surface area contributed by atoms with Crippen molar-refractivity contribution < 1.29 is 0 Å². The predicted molar refractivity (Wildman–Crippen MR) is 52.7 cm³/mol. The van der Waals surface area contributed by atoms with Crippen LogP contribution in [0.4, 0.5) is 5.82 Å². The van der Waals surface area contributed by atoms with E-state index in [0.717, 1.165) is 0 Å². The van der Waals surface area contributed by atoms with Crippen LogP contribution in [0.1, 0.15) is 19.7 Å². The smallest absolute Gasteiger partial charge is 0.235 e. The second-order valence-electron chi connectivity index (χ2n) is 1.76. The molecule has 0 aromatic carbocycles. The first-order chi connectivity index (χ1) is 6.26. The number of nitrogens with zero attached hydrogens (tertiary/aromatic N) is 3. The van der Waals surface area contributed by atoms with Crippen LogP contribution >= 0.6 is 11.6 Å². The van der Waals surface area contributed by atoms with Gasteiger partial charge in [0, 0.05) is 13.1 Å². The predicted octanol–water partition coefficient (Wildman–Crippen LogP) is 2.07. The Kier molecular flexibility index (Phi) is 5.57. The molecule has 1 aromatic heterocycles. The van der Waals surface area contributed by atoms with Crippen molar-refractivity contribution in [1.29, 1.82) is 5.26 Å². The fourth-order valence-electron chi connectivity index (χ4n) is 0.596. The van der Waals surface area contributed by atoms with Crippen molar-refractivity contribution in [2.24, 2.45) is 0 Å². The van der Waals surface area contributed by atoms with E-state index in [4.69, 9.17) is 16.9 Å². The SMILES string of the molecule is CC.CNc1cc(Cl)nc(C#N)n1. The molecule has 13 heavy (non-hydrogen) atoms. The summed E-state index contributed by atoms with van der Waals surface area (Å²) in [6.45, 7) is 4.00. The molecule has 0 aliphatic rings. The Bertz CT molecular complexity index is 306. The molecule has 0 fully saturated rings. The molecule has 0 saturated heterocycles. The number of hydrogen-bond donors (Lipinski definition) is 1. The molecule has 0 amide bonds. The lowest BCUT2D eigenvalue weighted by Gasteiger charge is -1.97. The van der Waals surface area contributed by atoms with Crippen molar-refractivity contribution in [2.75, 3.05) is 12.4 Å². The maximum atomic E-state index is 8.42. The van der Waals surface area contributed by atoms with Gasteiger partial charge in [-0.1, -0.05) is 25.4 Å². The lowest BCUT2D eigenvalue weighted by molar-refractivity contribution is 1.11. The van der Waals surface area contributed by atoms with Gasteiger partial charge in [-0.25, -0.2) is 9.97 Å². The molecular formula is C8H11ClN4. The number of rotatable bonds is 1. The van der Waals surface area contributed by atoms with Crippen molar-refractivity contribution >= 4 is 17.4 Å². The Morgan fingerprint density at radius 3 is 2.54 bits per heavy atom. The third-order valence-electron chi connectivity index (χ3n) is 1.05. The molecule has 4 nitrogen and oxygen atoms in total. The summed E-state index contributed by atoms with van der Waals surface area (Å²) in [4.78, 5) is 7.46. The summed E-state index contributed by atoms with van der Waals surface area (Å²) in [5.74, 6) is 0.614. The number of anilines is 1. The molecule has 0 unspecified atom stereocenters. The second-order valence-corrected chi connectivity index (χ2v) is 2.15. The van der Waals surface area contributed by atoms with Gasteiger partial charge in [-0.3, -0.25) is 0 Å². The minimum Gasteiger partial charge on any atom is -0.373 e. The number of nitriles is 1. The third-order valence-corrected chi connectivity index (χ3v) is 1.24. The number of hydrogen-bond acceptors (Lipinski definition) is 4. The molecule has 0 bridgehead atoms. The normalized spacial score (nSPS) is 7.92. The molecule has 0 saturated carbocycles. The van der Waals surface area contributed by atoms with Gasteiger partial charge in [-0.15, -0.1) is 0 Å². The van der Waals surface area contributed by atoms with E-state index < -0.39 is 0 Å². The molecule has 0 aliphatic heterocycles. The molecule has 1 N–H and O–H groups in total. The topological polar surface area (TPSA) is 61.6 Å². The Hall–Kier alpha value is -1.34. The van der Waals surface area contributed by atoms with Gasteiger partial charge in [0.05, 0.1) is 0 Å². The molecule has 1 rings (SSSR count). The molecule has 70 valence electrons. The van der Waals surface area contributed by atoms with E-state index in [-0.39, 0.29) is 11.0 Å². The first-order valence-electron chi connectivity index (χ1n) is 3.88. The van der Waals surface area contributed by atoms with E-state index >= 15 is 0 Å². The molecule has 0 atom stereocenters. The summed E-state index contributed by atoms with van der Waals surface area (Å²) in [5.41, 5.74) is 0. The van der Waals surface area contributed by atoms with E-state index in [9.17, 15) is 0 Å². The standard InChI is InChI=1S/C6H5ClN4.C2H6/c1-9-5-2-4(7)10-6(3-8)11-5;1-2/h2H,1H3,(H,9,10,11);1-2H3. The van der Waals surface area contributed by atoms with Crippen molar-refractivity contribution in [3.05, 3.63) is 17.0 Å². The van der Waals surface area contributed by atoms with Crippen LogP contribution < -0.4 is 5.32 Å². The van der Waals surface area contributed by atoms with E-state index in [1.54, 1.807) is 19.2 Å². The molecule has 1 aromatic rings. The molecule has 1 heterocycles. The van der Waals surface area contributed by atoms with Crippen molar-refractivity contribution in [2.45, 2.75) is 13.8 Å². The van der Waals surface area contributed by atoms with Crippen LogP contribution in [0.2, 0.25) is 5.15 Å². The van der Waals surface area contributed by atoms with Gasteiger partial charge in [0.2, 0.25) is 5.82 Å². The minimum absolute atomic E-state index is 0.0712. The van der Waals surface area contributed by atoms with Crippen molar-refractivity contribution in [1.82, 2.24) is 9.97 Å². The van der Waals surface area contributed by atoms with Crippen LogP contribution in [0, 0.1) is 11.3 Å². The van der Waals surface area contributed by atoms with E-state index in [0.29, 0.717) is 5.82 Å². The fourth-order valence-corrected chi connectivity index (χ4v) is 0.779. The highest BCUT2D eigenvalue weighted by Crippen LogP contribution is 2.09. The third kappa shape index (κ3) is 3.72. The van der Waals surface area contributed by atoms with Crippen molar-refractivity contribution in [3.8, 4) is 6.07 Å². The van der Waals surface area contributed by atoms with E-state index in [1.165, 1.54) is 0 Å². The molecule has 5 heteroatoms. The monoisotopic (exact) mass is 198 g/mol. The summed E-state index contributed by atoms with van der Waals surface area (Å²) < 4.78 is 0. The van der Waals surface area contributed by atoms with Gasteiger partial charge >= 0.3 is 0 Å². The fraction of sp³-hybridized carbons (Fsp3) is 0.375. The van der Waals surface area contributed by atoms with Crippen molar-refractivity contribution in [3.63, 3.8) is 0 Å². The molecule has 0 radical (unpaired) electrons. The van der Waals surface area contributed by atoms with Crippen LogP contribution in [0.3, 0.4) is 0 Å².